The SMILES string of the molecule is COc1ccc(S(=O)(=O)N(CC(C)C)C[C@@H](O)[C@@H](Cc2ccccc2)NC(=O)OC2CCOCOC2)cc1. The van der Waals surface area contributed by atoms with Crippen molar-refractivity contribution in [3.8, 4) is 5.75 Å². The fourth-order valence-electron chi connectivity index (χ4n) is 4.09. The van der Waals surface area contributed by atoms with Crippen LogP contribution in [0.2, 0.25) is 0 Å². The highest BCUT2D eigenvalue weighted by Crippen LogP contribution is 2.22. The van der Waals surface area contributed by atoms with Crippen molar-refractivity contribution in [3.63, 3.8) is 0 Å². The topological polar surface area (TPSA) is 124 Å². The van der Waals surface area contributed by atoms with E-state index in [9.17, 15) is 18.3 Å². The van der Waals surface area contributed by atoms with Gasteiger partial charge in [0.1, 0.15) is 18.6 Å². The quantitative estimate of drug-likeness (QED) is 0.414. The molecule has 2 aromatic carbocycles. The molecule has 0 aliphatic carbocycles. The molecule has 1 saturated heterocycles. The number of alkyl carbamates (subject to hydrolysis) is 1. The Kier molecular flexibility index (Phi) is 11.4. The van der Waals surface area contributed by atoms with E-state index < -0.39 is 34.4 Å². The minimum Gasteiger partial charge on any atom is -0.497 e. The Balaban J connectivity index is 1.79. The first-order valence-electron chi connectivity index (χ1n) is 12.7. The number of sulfonamides is 1. The lowest BCUT2D eigenvalue weighted by Crippen LogP contribution is -2.51. The van der Waals surface area contributed by atoms with Crippen LogP contribution in [0.1, 0.15) is 25.8 Å². The highest BCUT2D eigenvalue weighted by molar-refractivity contribution is 7.89. The zero-order valence-electron chi connectivity index (χ0n) is 22.1. The maximum absolute atomic E-state index is 13.5. The normalized spacial score (nSPS) is 18.0. The highest BCUT2D eigenvalue weighted by atomic mass is 32.2. The number of benzene rings is 2. The van der Waals surface area contributed by atoms with Crippen molar-refractivity contribution in [2.45, 2.75) is 49.8 Å². The van der Waals surface area contributed by atoms with Gasteiger partial charge in [-0.1, -0.05) is 44.2 Å². The molecule has 1 fully saturated rings. The Morgan fingerprint density at radius 3 is 2.47 bits per heavy atom. The number of carbonyl (C=O) groups excluding carboxylic acids is 1. The van der Waals surface area contributed by atoms with E-state index in [-0.39, 0.29) is 43.7 Å². The molecule has 10 nitrogen and oxygen atoms in total. The lowest BCUT2D eigenvalue weighted by atomic mass is 10.0. The number of nitrogens with zero attached hydrogens (tertiary/aromatic N) is 1. The minimum atomic E-state index is -3.93. The van der Waals surface area contributed by atoms with Crippen LogP contribution in [0.4, 0.5) is 4.79 Å². The number of amides is 1. The van der Waals surface area contributed by atoms with E-state index in [1.54, 1.807) is 12.1 Å². The van der Waals surface area contributed by atoms with Crippen molar-refractivity contribution < 1.29 is 37.3 Å². The van der Waals surface area contributed by atoms with Gasteiger partial charge in [0.05, 0.1) is 37.4 Å². The molecule has 1 amide bonds. The van der Waals surface area contributed by atoms with Crippen molar-refractivity contribution in [2.24, 2.45) is 5.92 Å². The summed E-state index contributed by atoms with van der Waals surface area (Å²) in [5, 5.41) is 14.1. The van der Waals surface area contributed by atoms with E-state index in [1.807, 2.05) is 44.2 Å². The van der Waals surface area contributed by atoms with Crippen LogP contribution in [0.5, 0.6) is 5.75 Å². The predicted molar refractivity (Wildman–Crippen MR) is 141 cm³/mol. The van der Waals surface area contributed by atoms with Crippen LogP contribution in [0, 0.1) is 5.92 Å². The van der Waals surface area contributed by atoms with Crippen molar-refractivity contribution in [1.82, 2.24) is 9.62 Å². The largest absolute Gasteiger partial charge is 0.497 e. The van der Waals surface area contributed by atoms with Gasteiger partial charge in [-0.2, -0.15) is 4.31 Å². The average molecular weight is 551 g/mol. The van der Waals surface area contributed by atoms with Crippen LogP contribution in [0.3, 0.4) is 0 Å². The molecule has 38 heavy (non-hydrogen) atoms. The van der Waals surface area contributed by atoms with Gasteiger partial charge in [0.25, 0.3) is 0 Å². The summed E-state index contributed by atoms with van der Waals surface area (Å²) in [4.78, 5) is 12.9. The van der Waals surface area contributed by atoms with Gasteiger partial charge in [0.2, 0.25) is 10.0 Å². The number of hydrogen-bond donors (Lipinski definition) is 2. The van der Waals surface area contributed by atoms with Crippen LogP contribution in [0.25, 0.3) is 0 Å². The monoisotopic (exact) mass is 550 g/mol. The van der Waals surface area contributed by atoms with Gasteiger partial charge >= 0.3 is 6.09 Å². The number of methoxy groups -OCH3 is 1. The summed E-state index contributed by atoms with van der Waals surface area (Å²) in [6, 6.07) is 14.6. The van der Waals surface area contributed by atoms with Crippen LogP contribution in [0.15, 0.2) is 59.5 Å². The summed E-state index contributed by atoms with van der Waals surface area (Å²) in [7, 11) is -2.43. The van der Waals surface area contributed by atoms with Gasteiger partial charge in [0, 0.05) is 19.5 Å². The molecule has 1 aliphatic heterocycles. The second-order valence-corrected chi connectivity index (χ2v) is 11.6. The molecule has 0 saturated carbocycles. The zero-order valence-corrected chi connectivity index (χ0v) is 22.9. The number of hydrogen-bond acceptors (Lipinski definition) is 8. The third-order valence-electron chi connectivity index (χ3n) is 6.05. The minimum absolute atomic E-state index is 0.00169. The first kappa shape index (κ1) is 29.9. The highest BCUT2D eigenvalue weighted by Gasteiger charge is 2.32. The van der Waals surface area contributed by atoms with E-state index in [2.05, 4.69) is 5.32 Å². The lowest BCUT2D eigenvalue weighted by Gasteiger charge is -2.31. The summed E-state index contributed by atoms with van der Waals surface area (Å²) < 4.78 is 49.5. The number of carbonyl (C=O) groups is 1. The summed E-state index contributed by atoms with van der Waals surface area (Å²) >= 11 is 0. The van der Waals surface area contributed by atoms with Crippen LogP contribution < -0.4 is 10.1 Å². The molecule has 1 heterocycles. The number of ether oxygens (including phenoxy) is 4. The molecule has 0 bridgehead atoms. The standard InChI is InChI=1S/C27H38N2O8S/c1-20(2)16-29(38(32,33)24-11-9-22(34-3)10-12-24)17-26(30)25(15-21-7-5-4-6-8-21)28-27(31)37-23-13-14-35-19-36-18-23/h4-12,20,23,25-26,30H,13-19H2,1-3H3,(H,28,31)/t23?,25-,26-/m1/s1. The Hall–Kier alpha value is -2.70. The van der Waals surface area contributed by atoms with E-state index >= 15 is 0 Å². The summed E-state index contributed by atoms with van der Waals surface area (Å²) in [5.41, 5.74) is 0.872. The molecule has 210 valence electrons. The van der Waals surface area contributed by atoms with Crippen LogP contribution in [-0.2, 0) is 30.7 Å². The third kappa shape index (κ3) is 8.95. The first-order chi connectivity index (χ1) is 18.2. The summed E-state index contributed by atoms with van der Waals surface area (Å²) in [6.45, 7) is 4.53. The molecule has 2 N–H and O–H groups in total. The summed E-state index contributed by atoms with van der Waals surface area (Å²) in [6.07, 6.45) is -1.65. The molecule has 0 radical (unpaired) electrons. The fourth-order valence-corrected chi connectivity index (χ4v) is 5.71. The Labute approximate surface area is 224 Å². The van der Waals surface area contributed by atoms with Crippen molar-refractivity contribution in [3.05, 3.63) is 60.2 Å². The Bertz CT molecular complexity index is 1090. The van der Waals surface area contributed by atoms with E-state index in [1.165, 1.54) is 23.5 Å². The number of nitrogens with one attached hydrogen (secondary N) is 1. The molecular formula is C27H38N2O8S. The van der Waals surface area contributed by atoms with E-state index in [0.717, 1.165) is 5.56 Å². The Morgan fingerprint density at radius 1 is 1.11 bits per heavy atom. The number of aliphatic hydroxyl groups is 1. The third-order valence-corrected chi connectivity index (χ3v) is 7.90. The smallest absolute Gasteiger partial charge is 0.407 e. The van der Waals surface area contributed by atoms with Gasteiger partial charge in [-0.3, -0.25) is 0 Å². The van der Waals surface area contributed by atoms with Crippen molar-refractivity contribution >= 4 is 16.1 Å². The van der Waals surface area contributed by atoms with Gasteiger partial charge in [-0.15, -0.1) is 0 Å². The number of aliphatic hydroxyl groups excluding tert-OH is 1. The average Bonchev–Trinajstić information content (AvgIpc) is 3.16. The molecular weight excluding hydrogens is 512 g/mol. The molecule has 2 aromatic rings. The molecule has 3 rings (SSSR count). The van der Waals surface area contributed by atoms with Gasteiger partial charge in [-0.25, -0.2) is 13.2 Å². The van der Waals surface area contributed by atoms with E-state index in [0.29, 0.717) is 18.8 Å². The zero-order chi connectivity index (χ0) is 27.5. The second-order valence-electron chi connectivity index (χ2n) is 9.61. The lowest BCUT2D eigenvalue weighted by molar-refractivity contribution is -0.0439. The van der Waals surface area contributed by atoms with Crippen LogP contribution >= 0.6 is 0 Å². The second kappa shape index (κ2) is 14.5. The molecule has 0 aromatic heterocycles. The van der Waals surface area contributed by atoms with E-state index in [4.69, 9.17) is 18.9 Å². The fraction of sp³-hybridized carbons (Fsp3) is 0.519. The van der Waals surface area contributed by atoms with Crippen molar-refractivity contribution in [2.75, 3.05) is 40.2 Å². The predicted octanol–water partition coefficient (Wildman–Crippen LogP) is 2.80. The molecule has 1 unspecified atom stereocenters. The maximum Gasteiger partial charge on any atom is 0.407 e. The van der Waals surface area contributed by atoms with Crippen LogP contribution in [-0.4, -0.2) is 82.4 Å². The molecule has 0 spiro atoms. The van der Waals surface area contributed by atoms with Gasteiger partial charge < -0.3 is 29.4 Å². The molecule has 1 aliphatic rings. The summed E-state index contributed by atoms with van der Waals surface area (Å²) in [5.74, 6) is 0.536. The van der Waals surface area contributed by atoms with Gasteiger partial charge in [-0.05, 0) is 42.2 Å². The Morgan fingerprint density at radius 2 is 1.82 bits per heavy atom. The van der Waals surface area contributed by atoms with Gasteiger partial charge in [0.15, 0.2) is 0 Å². The first-order valence-corrected chi connectivity index (χ1v) is 14.1. The van der Waals surface area contributed by atoms with Crippen molar-refractivity contribution in [1.29, 1.82) is 0 Å². The molecule has 3 atom stereocenters. The molecule has 11 heteroatoms. The maximum atomic E-state index is 13.5. The number of rotatable bonds is 12.